The van der Waals surface area contributed by atoms with Gasteiger partial charge in [-0.2, -0.15) is 9.78 Å². The number of benzene rings is 3. The van der Waals surface area contributed by atoms with E-state index in [-0.39, 0.29) is 31.5 Å². The van der Waals surface area contributed by atoms with E-state index in [0.717, 1.165) is 4.68 Å². The summed E-state index contributed by atoms with van der Waals surface area (Å²) < 4.78 is 23.2. The molecule has 0 radical (unpaired) electrons. The van der Waals surface area contributed by atoms with Gasteiger partial charge in [-0.15, -0.1) is 0 Å². The van der Waals surface area contributed by atoms with Gasteiger partial charge in [0.1, 0.15) is 12.7 Å². The van der Waals surface area contributed by atoms with E-state index in [2.05, 4.69) is 15.7 Å². The molecule has 3 aromatic carbocycles. The smallest absolute Gasteiger partial charge is 0.279 e. The molecule has 0 unspecified atom stereocenters. The fourth-order valence-corrected chi connectivity index (χ4v) is 4.19. The molecular formula is C28H26N4O7. The van der Waals surface area contributed by atoms with Crippen LogP contribution in [0.25, 0.3) is 16.5 Å². The zero-order valence-corrected chi connectivity index (χ0v) is 21.3. The van der Waals surface area contributed by atoms with E-state index in [4.69, 9.17) is 18.9 Å². The van der Waals surface area contributed by atoms with Crippen molar-refractivity contribution in [2.75, 3.05) is 33.9 Å². The summed E-state index contributed by atoms with van der Waals surface area (Å²) in [6, 6.07) is 18.8. The van der Waals surface area contributed by atoms with Crippen molar-refractivity contribution >= 4 is 22.6 Å². The zero-order chi connectivity index (χ0) is 27.4. The summed E-state index contributed by atoms with van der Waals surface area (Å²) in [6.45, 7) is 0.195. The predicted molar refractivity (Wildman–Crippen MR) is 142 cm³/mol. The van der Waals surface area contributed by atoms with Crippen molar-refractivity contribution in [2.45, 2.75) is 6.10 Å². The van der Waals surface area contributed by atoms with Crippen LogP contribution in [0, 0.1) is 0 Å². The standard InChI is InChI=1S/C28H26N4O7/c1-36-21-12-11-17(13-24(21)37-2)32-28(35)20-8-4-3-7-19(20)26(31-32)27(34)30-15-25(33)29-14-18-16-38-22-9-5-6-10-23(22)39-18/h3-13,18H,14-16H2,1-2H3,(H,29,33)(H,30,34)/t18-/m0/s1. The Bertz CT molecular complexity index is 1600. The van der Waals surface area contributed by atoms with Crippen molar-refractivity contribution < 1.29 is 28.5 Å². The molecule has 1 aliphatic heterocycles. The Morgan fingerprint density at radius 2 is 1.67 bits per heavy atom. The first kappa shape index (κ1) is 25.6. The quantitative estimate of drug-likeness (QED) is 0.354. The van der Waals surface area contributed by atoms with Gasteiger partial charge in [-0.05, 0) is 30.3 Å². The molecule has 200 valence electrons. The lowest BCUT2D eigenvalue weighted by molar-refractivity contribution is -0.120. The predicted octanol–water partition coefficient (Wildman–Crippen LogP) is 2.09. The van der Waals surface area contributed by atoms with Crippen LogP contribution in [0.2, 0.25) is 0 Å². The molecule has 39 heavy (non-hydrogen) atoms. The minimum Gasteiger partial charge on any atom is -0.493 e. The summed E-state index contributed by atoms with van der Waals surface area (Å²) in [5, 5.41) is 10.3. The lowest BCUT2D eigenvalue weighted by atomic mass is 10.1. The van der Waals surface area contributed by atoms with Crippen LogP contribution in [0.1, 0.15) is 10.5 Å². The van der Waals surface area contributed by atoms with Gasteiger partial charge in [-0.1, -0.05) is 30.3 Å². The van der Waals surface area contributed by atoms with Gasteiger partial charge in [0.15, 0.2) is 28.7 Å². The van der Waals surface area contributed by atoms with Gasteiger partial charge in [0.05, 0.1) is 38.4 Å². The Balaban J connectivity index is 1.31. The Hall–Kier alpha value is -5.06. The highest BCUT2D eigenvalue weighted by Gasteiger charge is 2.22. The maximum atomic E-state index is 13.2. The number of methoxy groups -OCH3 is 2. The number of carbonyl (C=O) groups excluding carboxylic acids is 2. The molecule has 0 fully saturated rings. The summed E-state index contributed by atoms with van der Waals surface area (Å²) in [5.74, 6) is 1.12. The van der Waals surface area contributed by atoms with Gasteiger partial charge in [-0.3, -0.25) is 14.4 Å². The molecule has 1 aromatic heterocycles. The number of amides is 2. The van der Waals surface area contributed by atoms with Crippen LogP contribution in [0.4, 0.5) is 0 Å². The normalized spacial score (nSPS) is 13.9. The number of rotatable bonds is 8. The molecule has 11 heteroatoms. The number of carbonyl (C=O) groups is 2. The first-order chi connectivity index (χ1) is 19.0. The van der Waals surface area contributed by atoms with Gasteiger partial charge in [0.25, 0.3) is 11.5 Å². The van der Waals surface area contributed by atoms with Crippen molar-refractivity contribution in [1.29, 1.82) is 0 Å². The van der Waals surface area contributed by atoms with Crippen LogP contribution in [-0.4, -0.2) is 61.6 Å². The average molecular weight is 531 g/mol. The summed E-state index contributed by atoms with van der Waals surface area (Å²) in [4.78, 5) is 38.9. The minimum absolute atomic E-state index is 0.00611. The van der Waals surface area contributed by atoms with Crippen LogP contribution in [0.15, 0.2) is 71.5 Å². The molecule has 0 saturated heterocycles. The lowest BCUT2D eigenvalue weighted by Crippen LogP contribution is -2.44. The highest BCUT2D eigenvalue weighted by atomic mass is 16.6. The molecule has 0 bridgehead atoms. The number of hydrogen-bond donors (Lipinski definition) is 2. The molecule has 0 spiro atoms. The van der Waals surface area contributed by atoms with E-state index in [0.29, 0.717) is 39.5 Å². The van der Waals surface area contributed by atoms with Gasteiger partial charge in [0, 0.05) is 11.5 Å². The SMILES string of the molecule is COc1ccc(-n2nc(C(=O)NCC(=O)NC[C@H]3COc4ccccc4O3)c3ccccc3c2=O)cc1OC. The molecule has 2 N–H and O–H groups in total. The second-order valence-electron chi connectivity index (χ2n) is 8.63. The van der Waals surface area contributed by atoms with Crippen LogP contribution < -0.4 is 35.1 Å². The topological polar surface area (TPSA) is 130 Å². The molecule has 5 rings (SSSR count). The molecule has 2 amide bonds. The van der Waals surface area contributed by atoms with Crippen molar-refractivity contribution in [3.8, 4) is 28.7 Å². The number of aromatic nitrogens is 2. The van der Waals surface area contributed by atoms with Crippen LogP contribution in [0.3, 0.4) is 0 Å². The van der Waals surface area contributed by atoms with E-state index in [1.807, 2.05) is 18.2 Å². The second kappa shape index (κ2) is 11.1. The van der Waals surface area contributed by atoms with Gasteiger partial charge in [0.2, 0.25) is 5.91 Å². The molecule has 2 heterocycles. The van der Waals surface area contributed by atoms with E-state index in [1.54, 1.807) is 48.5 Å². The molecule has 0 saturated carbocycles. The largest absolute Gasteiger partial charge is 0.493 e. The summed E-state index contributed by atoms with van der Waals surface area (Å²) >= 11 is 0. The molecule has 1 aliphatic rings. The maximum absolute atomic E-state index is 13.2. The van der Waals surface area contributed by atoms with E-state index in [1.165, 1.54) is 14.2 Å². The third-order valence-electron chi connectivity index (χ3n) is 6.14. The Kier molecular flexibility index (Phi) is 7.30. The van der Waals surface area contributed by atoms with Crippen LogP contribution in [0.5, 0.6) is 23.0 Å². The van der Waals surface area contributed by atoms with Crippen molar-refractivity contribution in [3.05, 3.63) is 82.8 Å². The van der Waals surface area contributed by atoms with Crippen molar-refractivity contribution in [1.82, 2.24) is 20.4 Å². The fraction of sp³-hybridized carbons (Fsp3) is 0.214. The number of nitrogens with zero attached hydrogens (tertiary/aromatic N) is 2. The van der Waals surface area contributed by atoms with Gasteiger partial charge in [-0.25, -0.2) is 0 Å². The second-order valence-corrected chi connectivity index (χ2v) is 8.63. The summed E-state index contributed by atoms with van der Waals surface area (Å²) in [5.41, 5.74) is -0.0386. The van der Waals surface area contributed by atoms with Crippen molar-refractivity contribution in [3.63, 3.8) is 0 Å². The van der Waals surface area contributed by atoms with E-state index in [9.17, 15) is 14.4 Å². The first-order valence-corrected chi connectivity index (χ1v) is 12.2. The van der Waals surface area contributed by atoms with Crippen molar-refractivity contribution in [2.24, 2.45) is 0 Å². The number of nitrogens with one attached hydrogen (secondary N) is 2. The zero-order valence-electron chi connectivity index (χ0n) is 21.3. The molecule has 1 atom stereocenters. The molecule has 0 aliphatic carbocycles. The van der Waals surface area contributed by atoms with Gasteiger partial charge >= 0.3 is 0 Å². The summed E-state index contributed by atoms with van der Waals surface area (Å²) in [6.07, 6.45) is -0.366. The van der Waals surface area contributed by atoms with E-state index < -0.39 is 17.4 Å². The maximum Gasteiger partial charge on any atom is 0.279 e. The van der Waals surface area contributed by atoms with E-state index >= 15 is 0 Å². The number of fused-ring (bicyclic) bond motifs is 2. The monoisotopic (exact) mass is 530 g/mol. The third kappa shape index (κ3) is 5.33. The summed E-state index contributed by atoms with van der Waals surface area (Å²) in [7, 11) is 2.99. The number of hydrogen-bond acceptors (Lipinski definition) is 8. The highest BCUT2D eigenvalue weighted by molar-refractivity contribution is 6.05. The van der Waals surface area contributed by atoms with Gasteiger partial charge < -0.3 is 29.6 Å². The highest BCUT2D eigenvalue weighted by Crippen LogP contribution is 2.31. The molecule has 11 nitrogen and oxygen atoms in total. The number of ether oxygens (including phenoxy) is 4. The molecular weight excluding hydrogens is 504 g/mol. The fourth-order valence-electron chi connectivity index (χ4n) is 4.19. The number of para-hydroxylation sites is 2. The minimum atomic E-state index is -0.609. The van der Waals surface area contributed by atoms with Crippen LogP contribution in [-0.2, 0) is 4.79 Å². The Morgan fingerprint density at radius 1 is 0.949 bits per heavy atom. The Labute approximate surface area is 223 Å². The Morgan fingerprint density at radius 3 is 2.44 bits per heavy atom. The average Bonchev–Trinajstić information content (AvgIpc) is 2.98. The van der Waals surface area contributed by atoms with Crippen LogP contribution >= 0.6 is 0 Å². The molecule has 4 aromatic rings. The third-order valence-corrected chi connectivity index (χ3v) is 6.14. The first-order valence-electron chi connectivity index (χ1n) is 12.2. The lowest BCUT2D eigenvalue weighted by Gasteiger charge is -2.26.